The lowest BCUT2D eigenvalue weighted by Gasteiger charge is -2.12. The van der Waals surface area contributed by atoms with Crippen LogP contribution in [-0.4, -0.2) is 26.7 Å². The molecule has 0 radical (unpaired) electrons. The number of aryl methyl sites for hydroxylation is 1. The number of nitrogens with zero attached hydrogens (tertiary/aromatic N) is 3. The van der Waals surface area contributed by atoms with Crippen LogP contribution in [0.2, 0.25) is 0 Å². The molecule has 0 amide bonds. The molecule has 1 unspecified atom stereocenters. The zero-order valence-electron chi connectivity index (χ0n) is 9.46. The van der Waals surface area contributed by atoms with E-state index in [-0.39, 0.29) is 12.5 Å². The van der Waals surface area contributed by atoms with Gasteiger partial charge in [-0.2, -0.15) is 15.0 Å². The first-order chi connectivity index (χ1) is 7.72. The Morgan fingerprint density at radius 2 is 2.12 bits per heavy atom. The van der Waals surface area contributed by atoms with Crippen LogP contribution in [-0.2, 0) is 0 Å². The Balaban J connectivity index is 2.48. The van der Waals surface area contributed by atoms with Crippen molar-refractivity contribution in [3.8, 4) is 5.69 Å². The average Bonchev–Trinajstić information content (AvgIpc) is 2.75. The van der Waals surface area contributed by atoms with Crippen molar-refractivity contribution in [3.63, 3.8) is 0 Å². The summed E-state index contributed by atoms with van der Waals surface area (Å²) in [7, 11) is 0. The smallest absolute Gasteiger partial charge is 0.0892 e. The fraction of sp³-hybridized carbons (Fsp3) is 0.333. The molecule has 0 bridgehead atoms. The lowest BCUT2D eigenvalue weighted by Crippen LogP contribution is -2.07. The summed E-state index contributed by atoms with van der Waals surface area (Å²) in [4.78, 5) is 1.61. The highest BCUT2D eigenvalue weighted by Crippen LogP contribution is 2.21. The SMILES string of the molecule is Cc1cnn(-c2ccccc2C(C)CO)n1. The summed E-state index contributed by atoms with van der Waals surface area (Å²) in [5.74, 6) is 0.0857. The van der Waals surface area contributed by atoms with Gasteiger partial charge in [0.15, 0.2) is 0 Å². The summed E-state index contributed by atoms with van der Waals surface area (Å²) in [6.45, 7) is 4.01. The van der Waals surface area contributed by atoms with Gasteiger partial charge in [-0.15, -0.1) is 0 Å². The quantitative estimate of drug-likeness (QED) is 0.850. The number of rotatable bonds is 3. The van der Waals surface area contributed by atoms with Crippen molar-refractivity contribution >= 4 is 0 Å². The maximum Gasteiger partial charge on any atom is 0.0892 e. The Bertz CT molecular complexity index is 479. The number of aliphatic hydroxyl groups excluding tert-OH is 1. The van der Waals surface area contributed by atoms with Crippen molar-refractivity contribution in [2.75, 3.05) is 6.61 Å². The largest absolute Gasteiger partial charge is 0.396 e. The summed E-state index contributed by atoms with van der Waals surface area (Å²) >= 11 is 0. The standard InChI is InChI=1S/C12H15N3O/c1-9(8-16)11-5-3-4-6-12(11)15-13-7-10(2)14-15/h3-7,9,16H,8H2,1-2H3. The normalized spacial score (nSPS) is 12.7. The minimum atomic E-state index is 0.0857. The van der Waals surface area contributed by atoms with Crippen LogP contribution in [0.15, 0.2) is 30.5 Å². The third kappa shape index (κ3) is 1.97. The van der Waals surface area contributed by atoms with Crippen LogP contribution in [0.5, 0.6) is 0 Å². The molecule has 2 aromatic rings. The molecule has 0 aliphatic carbocycles. The van der Waals surface area contributed by atoms with Crippen molar-refractivity contribution < 1.29 is 5.11 Å². The minimum absolute atomic E-state index is 0.0857. The molecule has 0 aliphatic rings. The Hall–Kier alpha value is -1.68. The van der Waals surface area contributed by atoms with Gasteiger partial charge in [-0.3, -0.25) is 0 Å². The molecule has 1 heterocycles. The number of aliphatic hydroxyl groups is 1. The first kappa shape index (κ1) is 10.8. The molecule has 1 atom stereocenters. The summed E-state index contributed by atoms with van der Waals surface area (Å²) in [6, 6.07) is 7.86. The van der Waals surface area contributed by atoms with Crippen LogP contribution in [0.1, 0.15) is 24.1 Å². The molecule has 2 rings (SSSR count). The van der Waals surface area contributed by atoms with Gasteiger partial charge in [-0.05, 0) is 18.6 Å². The van der Waals surface area contributed by atoms with Gasteiger partial charge in [0.2, 0.25) is 0 Å². The topological polar surface area (TPSA) is 50.9 Å². The molecule has 0 aliphatic heterocycles. The summed E-state index contributed by atoms with van der Waals surface area (Å²) in [5, 5.41) is 17.7. The molecular formula is C12H15N3O. The zero-order chi connectivity index (χ0) is 11.5. The highest BCUT2D eigenvalue weighted by molar-refractivity contribution is 5.41. The Kier molecular flexibility index (Phi) is 3.01. The Morgan fingerprint density at radius 1 is 1.38 bits per heavy atom. The van der Waals surface area contributed by atoms with Crippen LogP contribution in [0.25, 0.3) is 5.69 Å². The van der Waals surface area contributed by atoms with E-state index in [4.69, 9.17) is 0 Å². The lowest BCUT2D eigenvalue weighted by atomic mass is 10.0. The van der Waals surface area contributed by atoms with Gasteiger partial charge in [-0.25, -0.2) is 0 Å². The molecule has 84 valence electrons. The van der Waals surface area contributed by atoms with Crippen LogP contribution in [0.3, 0.4) is 0 Å². The number of para-hydroxylation sites is 1. The molecule has 1 aromatic heterocycles. The van der Waals surface area contributed by atoms with E-state index < -0.39 is 0 Å². The van der Waals surface area contributed by atoms with Crippen LogP contribution in [0, 0.1) is 6.92 Å². The third-order valence-corrected chi connectivity index (χ3v) is 2.56. The summed E-state index contributed by atoms with van der Waals surface area (Å²) < 4.78 is 0. The highest BCUT2D eigenvalue weighted by Gasteiger charge is 2.11. The van der Waals surface area contributed by atoms with Gasteiger partial charge in [0, 0.05) is 12.5 Å². The molecule has 0 saturated heterocycles. The van der Waals surface area contributed by atoms with Gasteiger partial charge in [-0.1, -0.05) is 25.1 Å². The molecule has 4 heteroatoms. The zero-order valence-corrected chi connectivity index (χ0v) is 9.46. The molecule has 0 fully saturated rings. The first-order valence-electron chi connectivity index (χ1n) is 5.31. The third-order valence-electron chi connectivity index (χ3n) is 2.56. The van der Waals surface area contributed by atoms with Gasteiger partial charge >= 0.3 is 0 Å². The van der Waals surface area contributed by atoms with Crippen molar-refractivity contribution in [3.05, 3.63) is 41.7 Å². The molecule has 0 saturated carbocycles. The molecule has 4 nitrogen and oxygen atoms in total. The molecule has 1 aromatic carbocycles. The van der Waals surface area contributed by atoms with E-state index in [1.54, 1.807) is 11.0 Å². The van der Waals surface area contributed by atoms with E-state index in [2.05, 4.69) is 10.2 Å². The summed E-state index contributed by atoms with van der Waals surface area (Å²) in [6.07, 6.45) is 1.72. The van der Waals surface area contributed by atoms with Crippen molar-refractivity contribution in [1.82, 2.24) is 15.0 Å². The second kappa shape index (κ2) is 4.45. The fourth-order valence-corrected chi connectivity index (χ4v) is 1.64. The van der Waals surface area contributed by atoms with E-state index in [1.807, 2.05) is 38.1 Å². The molecular weight excluding hydrogens is 202 g/mol. The van der Waals surface area contributed by atoms with Gasteiger partial charge in [0.1, 0.15) is 0 Å². The van der Waals surface area contributed by atoms with Crippen molar-refractivity contribution in [2.45, 2.75) is 19.8 Å². The van der Waals surface area contributed by atoms with Crippen molar-refractivity contribution in [1.29, 1.82) is 0 Å². The van der Waals surface area contributed by atoms with Crippen LogP contribution < -0.4 is 0 Å². The second-order valence-electron chi connectivity index (χ2n) is 3.92. The Labute approximate surface area is 94.5 Å². The van der Waals surface area contributed by atoms with Crippen LogP contribution >= 0.6 is 0 Å². The van der Waals surface area contributed by atoms with Gasteiger partial charge in [0.05, 0.1) is 17.6 Å². The number of hydrogen-bond acceptors (Lipinski definition) is 3. The number of benzene rings is 1. The second-order valence-corrected chi connectivity index (χ2v) is 3.92. The van der Waals surface area contributed by atoms with E-state index >= 15 is 0 Å². The van der Waals surface area contributed by atoms with E-state index in [1.165, 1.54) is 0 Å². The maximum absolute atomic E-state index is 9.21. The van der Waals surface area contributed by atoms with Crippen LogP contribution in [0.4, 0.5) is 0 Å². The monoisotopic (exact) mass is 217 g/mol. The molecule has 0 spiro atoms. The highest BCUT2D eigenvalue weighted by atomic mass is 16.3. The van der Waals surface area contributed by atoms with Gasteiger partial charge < -0.3 is 5.11 Å². The van der Waals surface area contributed by atoms with Gasteiger partial charge in [0.25, 0.3) is 0 Å². The fourth-order valence-electron chi connectivity index (χ4n) is 1.64. The molecule has 16 heavy (non-hydrogen) atoms. The minimum Gasteiger partial charge on any atom is -0.396 e. The van der Waals surface area contributed by atoms with Crippen molar-refractivity contribution in [2.24, 2.45) is 0 Å². The number of hydrogen-bond donors (Lipinski definition) is 1. The van der Waals surface area contributed by atoms with E-state index in [0.29, 0.717) is 0 Å². The molecule has 1 N–H and O–H groups in total. The number of aromatic nitrogens is 3. The maximum atomic E-state index is 9.21. The Morgan fingerprint density at radius 3 is 2.75 bits per heavy atom. The average molecular weight is 217 g/mol. The first-order valence-corrected chi connectivity index (χ1v) is 5.31. The van der Waals surface area contributed by atoms with E-state index in [9.17, 15) is 5.11 Å². The van der Waals surface area contributed by atoms with E-state index in [0.717, 1.165) is 16.9 Å². The predicted octanol–water partition coefficient (Wildman–Crippen LogP) is 1.67. The lowest BCUT2D eigenvalue weighted by molar-refractivity contribution is 0.272. The predicted molar refractivity (Wildman–Crippen MR) is 61.6 cm³/mol. The summed E-state index contributed by atoms with van der Waals surface area (Å²) in [5.41, 5.74) is 2.87.